The Hall–Kier alpha value is -2.34. The number of aromatic nitrogens is 1. The van der Waals surface area contributed by atoms with Crippen LogP contribution in [0.5, 0.6) is 0 Å². The number of aromatic amines is 1. The van der Waals surface area contributed by atoms with E-state index in [0.717, 1.165) is 75.0 Å². The van der Waals surface area contributed by atoms with Crippen molar-refractivity contribution in [1.29, 1.82) is 0 Å². The lowest BCUT2D eigenvalue weighted by Crippen LogP contribution is -2.53. The molecule has 1 aromatic heterocycles. The van der Waals surface area contributed by atoms with Crippen molar-refractivity contribution in [2.45, 2.75) is 33.1 Å². The first-order valence-electron chi connectivity index (χ1n) is 11.3. The molecule has 2 spiro atoms. The van der Waals surface area contributed by atoms with Gasteiger partial charge in [0.25, 0.3) is 5.91 Å². The van der Waals surface area contributed by atoms with E-state index in [1.807, 2.05) is 35.4 Å². The van der Waals surface area contributed by atoms with Gasteiger partial charge < -0.3 is 20.1 Å². The number of benzene rings is 1. The Bertz CT molecular complexity index is 972. The van der Waals surface area contributed by atoms with Crippen molar-refractivity contribution in [1.82, 2.24) is 20.1 Å². The van der Waals surface area contributed by atoms with Crippen LogP contribution in [0.4, 0.5) is 0 Å². The first-order valence-corrected chi connectivity index (χ1v) is 11.3. The number of hydrogen-bond donors (Lipinski definition) is 2. The molecule has 3 saturated heterocycles. The van der Waals surface area contributed by atoms with E-state index in [2.05, 4.69) is 29.0 Å². The summed E-state index contributed by atoms with van der Waals surface area (Å²) in [4.78, 5) is 33.9. The number of carbonyl (C=O) groups is 2. The molecule has 2 aromatic rings. The number of carbonyl (C=O) groups excluding carboxylic acids is 2. The third-order valence-electron chi connectivity index (χ3n) is 7.74. The maximum atomic E-state index is 13.2. The van der Waals surface area contributed by atoms with E-state index >= 15 is 0 Å². The van der Waals surface area contributed by atoms with Crippen molar-refractivity contribution >= 4 is 22.7 Å². The Morgan fingerprint density at radius 2 is 1.93 bits per heavy atom. The van der Waals surface area contributed by atoms with Gasteiger partial charge in [0.1, 0.15) is 0 Å². The van der Waals surface area contributed by atoms with Crippen molar-refractivity contribution in [3.63, 3.8) is 0 Å². The SMILES string of the molecule is CC(C)CN1CC2(CCN(C(=O)c3ccc4[nH]ccc4c3)CC2)[C@@]2(CCNC2=O)C1. The number of hydrogen-bond acceptors (Lipinski definition) is 3. The standard InChI is InChI=1S/C24H32N4O2/c1-17(2)14-27-15-23(24(16-27)6-10-26-22(24)30)7-11-28(12-8-23)21(29)19-3-4-20-18(13-19)5-9-25-20/h3-5,9,13,17,25H,6-8,10-12,14-16H2,1-2H3,(H,26,30)/t24-/m0/s1. The van der Waals surface area contributed by atoms with Crippen LogP contribution in [0.3, 0.4) is 0 Å². The van der Waals surface area contributed by atoms with Gasteiger partial charge in [0.15, 0.2) is 0 Å². The molecule has 30 heavy (non-hydrogen) atoms. The Morgan fingerprint density at radius 3 is 2.63 bits per heavy atom. The van der Waals surface area contributed by atoms with E-state index in [9.17, 15) is 9.59 Å². The van der Waals surface area contributed by atoms with Crippen LogP contribution < -0.4 is 5.32 Å². The fraction of sp³-hybridized carbons (Fsp3) is 0.583. The summed E-state index contributed by atoms with van der Waals surface area (Å²) in [5.74, 6) is 0.938. The maximum absolute atomic E-state index is 13.2. The van der Waals surface area contributed by atoms with Crippen molar-refractivity contribution in [3.05, 3.63) is 36.0 Å². The fourth-order valence-electron chi connectivity index (χ4n) is 6.30. The van der Waals surface area contributed by atoms with Gasteiger partial charge in [-0.3, -0.25) is 9.59 Å². The van der Waals surface area contributed by atoms with E-state index in [1.165, 1.54) is 0 Å². The first kappa shape index (κ1) is 19.6. The van der Waals surface area contributed by atoms with E-state index in [1.54, 1.807) is 0 Å². The number of likely N-dealkylation sites (tertiary alicyclic amines) is 2. The number of fused-ring (bicyclic) bond motifs is 2. The minimum atomic E-state index is -0.277. The van der Waals surface area contributed by atoms with Gasteiger partial charge in [-0.15, -0.1) is 0 Å². The number of nitrogens with one attached hydrogen (secondary N) is 2. The number of rotatable bonds is 3. The minimum absolute atomic E-state index is 0.0101. The summed E-state index contributed by atoms with van der Waals surface area (Å²) >= 11 is 0. The zero-order valence-corrected chi connectivity index (χ0v) is 18.0. The summed E-state index contributed by atoms with van der Waals surface area (Å²) < 4.78 is 0. The molecule has 1 atom stereocenters. The lowest BCUT2D eigenvalue weighted by Gasteiger charge is -2.46. The molecule has 4 heterocycles. The third-order valence-corrected chi connectivity index (χ3v) is 7.74. The molecule has 6 nitrogen and oxygen atoms in total. The van der Waals surface area contributed by atoms with Crippen LogP contribution in [-0.4, -0.2) is 65.9 Å². The minimum Gasteiger partial charge on any atom is -0.361 e. The Labute approximate surface area is 178 Å². The normalized spacial score (nSPS) is 26.4. The number of H-pyrrole nitrogens is 1. The largest absolute Gasteiger partial charge is 0.361 e. The third kappa shape index (κ3) is 2.96. The molecule has 0 aliphatic carbocycles. The molecule has 0 bridgehead atoms. The summed E-state index contributed by atoms with van der Waals surface area (Å²) in [6, 6.07) is 7.87. The molecule has 160 valence electrons. The summed E-state index contributed by atoms with van der Waals surface area (Å²) in [5, 5.41) is 4.19. The molecule has 2 amide bonds. The number of nitrogens with zero attached hydrogens (tertiary/aromatic N) is 2. The molecule has 3 aliphatic rings. The highest BCUT2D eigenvalue weighted by molar-refractivity contribution is 5.98. The van der Waals surface area contributed by atoms with Gasteiger partial charge >= 0.3 is 0 Å². The van der Waals surface area contributed by atoms with Crippen molar-refractivity contribution in [3.8, 4) is 0 Å². The van der Waals surface area contributed by atoms with E-state index in [4.69, 9.17) is 0 Å². The van der Waals surface area contributed by atoms with Gasteiger partial charge in [0, 0.05) is 67.3 Å². The van der Waals surface area contributed by atoms with Crippen LogP contribution >= 0.6 is 0 Å². The Morgan fingerprint density at radius 1 is 1.13 bits per heavy atom. The molecular weight excluding hydrogens is 376 g/mol. The molecule has 0 unspecified atom stereocenters. The molecule has 5 rings (SSSR count). The van der Waals surface area contributed by atoms with Gasteiger partial charge in [0.05, 0.1) is 5.41 Å². The molecule has 6 heteroatoms. The lowest BCUT2D eigenvalue weighted by atomic mass is 9.60. The van der Waals surface area contributed by atoms with Crippen LogP contribution in [0.25, 0.3) is 10.9 Å². The van der Waals surface area contributed by atoms with Crippen molar-refractivity contribution in [2.75, 3.05) is 39.3 Å². The predicted molar refractivity (Wildman–Crippen MR) is 117 cm³/mol. The van der Waals surface area contributed by atoms with Crippen LogP contribution in [-0.2, 0) is 4.79 Å². The number of piperidine rings is 1. The molecule has 0 saturated carbocycles. The number of amides is 2. The smallest absolute Gasteiger partial charge is 0.253 e. The molecule has 3 fully saturated rings. The summed E-state index contributed by atoms with van der Waals surface area (Å²) in [5.41, 5.74) is 1.51. The Kier molecular flexibility index (Phi) is 4.65. The van der Waals surface area contributed by atoms with E-state index in [-0.39, 0.29) is 22.6 Å². The average molecular weight is 409 g/mol. The zero-order chi connectivity index (χ0) is 20.9. The Balaban J connectivity index is 1.35. The van der Waals surface area contributed by atoms with Gasteiger partial charge in [-0.1, -0.05) is 13.8 Å². The molecular formula is C24H32N4O2. The van der Waals surface area contributed by atoms with Gasteiger partial charge in [0.2, 0.25) is 5.91 Å². The maximum Gasteiger partial charge on any atom is 0.253 e. The molecule has 1 aromatic carbocycles. The second-order valence-electron chi connectivity index (χ2n) is 10.0. The monoisotopic (exact) mass is 408 g/mol. The van der Waals surface area contributed by atoms with Crippen LogP contribution in [0.2, 0.25) is 0 Å². The molecule has 2 N–H and O–H groups in total. The second kappa shape index (κ2) is 7.12. The zero-order valence-electron chi connectivity index (χ0n) is 18.0. The van der Waals surface area contributed by atoms with Gasteiger partial charge in [-0.2, -0.15) is 0 Å². The summed E-state index contributed by atoms with van der Waals surface area (Å²) in [6.45, 7) is 9.63. The quantitative estimate of drug-likeness (QED) is 0.821. The average Bonchev–Trinajstić information content (AvgIpc) is 3.41. The highest BCUT2D eigenvalue weighted by Gasteiger charge is 2.63. The van der Waals surface area contributed by atoms with Crippen molar-refractivity contribution < 1.29 is 9.59 Å². The highest BCUT2D eigenvalue weighted by atomic mass is 16.2. The van der Waals surface area contributed by atoms with Gasteiger partial charge in [-0.25, -0.2) is 0 Å². The lowest BCUT2D eigenvalue weighted by molar-refractivity contribution is -0.133. The summed E-state index contributed by atoms with van der Waals surface area (Å²) in [7, 11) is 0. The topological polar surface area (TPSA) is 68.4 Å². The van der Waals surface area contributed by atoms with E-state index < -0.39 is 0 Å². The van der Waals surface area contributed by atoms with Gasteiger partial charge in [-0.05, 0) is 49.4 Å². The van der Waals surface area contributed by atoms with Crippen LogP contribution in [0, 0.1) is 16.7 Å². The molecule has 0 radical (unpaired) electrons. The van der Waals surface area contributed by atoms with E-state index in [0.29, 0.717) is 5.92 Å². The van der Waals surface area contributed by atoms with Crippen molar-refractivity contribution in [2.24, 2.45) is 16.7 Å². The second-order valence-corrected chi connectivity index (χ2v) is 10.0. The van der Waals surface area contributed by atoms with Crippen LogP contribution in [0.1, 0.15) is 43.5 Å². The molecule has 3 aliphatic heterocycles. The highest BCUT2D eigenvalue weighted by Crippen LogP contribution is 2.56. The fourth-order valence-corrected chi connectivity index (χ4v) is 6.30. The van der Waals surface area contributed by atoms with Crippen LogP contribution in [0.15, 0.2) is 30.5 Å². The summed E-state index contributed by atoms with van der Waals surface area (Å²) in [6.07, 6.45) is 4.65. The predicted octanol–water partition coefficient (Wildman–Crippen LogP) is 2.87. The first-order chi connectivity index (χ1) is 14.4.